The molecule has 7 heteroatoms. The molecule has 1 aromatic rings. The number of hydrogen-bond acceptors (Lipinski definition) is 4. The Kier molecular flexibility index (Phi) is 5.06. The molecule has 0 unspecified atom stereocenters. The highest BCUT2D eigenvalue weighted by molar-refractivity contribution is 9.10. The zero-order valence-corrected chi connectivity index (χ0v) is 14.0. The van der Waals surface area contributed by atoms with E-state index in [4.69, 9.17) is 5.73 Å². The van der Waals surface area contributed by atoms with Crippen LogP contribution < -0.4 is 5.73 Å². The lowest BCUT2D eigenvalue weighted by atomic mass is 10.3. The predicted octanol–water partition coefficient (Wildman–Crippen LogP) is 1.75. The van der Waals surface area contributed by atoms with Crippen molar-refractivity contribution in [3.63, 3.8) is 0 Å². The third-order valence-electron chi connectivity index (χ3n) is 3.46. The van der Waals surface area contributed by atoms with Gasteiger partial charge in [0, 0.05) is 30.7 Å². The standard InChI is InChI=1S/C13H20BrN3O2S/c1-2-5-16-6-8-17(9-7-16)20(18,19)13-4-3-11(14)10-12(13)15/h3-4,10H,2,5-9,15H2,1H3. The van der Waals surface area contributed by atoms with Crippen molar-refractivity contribution in [2.45, 2.75) is 18.2 Å². The van der Waals surface area contributed by atoms with E-state index >= 15 is 0 Å². The van der Waals surface area contributed by atoms with Crippen LogP contribution in [0.4, 0.5) is 5.69 Å². The van der Waals surface area contributed by atoms with Crippen LogP contribution in [0, 0.1) is 0 Å². The fraction of sp³-hybridized carbons (Fsp3) is 0.538. The molecule has 0 saturated carbocycles. The van der Waals surface area contributed by atoms with Crippen LogP contribution in [0.2, 0.25) is 0 Å². The molecule has 2 N–H and O–H groups in total. The highest BCUT2D eigenvalue weighted by Crippen LogP contribution is 2.26. The molecule has 0 aliphatic carbocycles. The van der Waals surface area contributed by atoms with Gasteiger partial charge in [-0.1, -0.05) is 22.9 Å². The van der Waals surface area contributed by atoms with Crippen molar-refractivity contribution in [1.82, 2.24) is 9.21 Å². The topological polar surface area (TPSA) is 66.6 Å². The number of halogens is 1. The van der Waals surface area contributed by atoms with E-state index in [2.05, 4.69) is 27.8 Å². The lowest BCUT2D eigenvalue weighted by Crippen LogP contribution is -2.48. The van der Waals surface area contributed by atoms with Crippen LogP contribution in [0.25, 0.3) is 0 Å². The summed E-state index contributed by atoms with van der Waals surface area (Å²) in [7, 11) is -3.49. The Hall–Kier alpha value is -0.630. The van der Waals surface area contributed by atoms with E-state index in [1.807, 2.05) is 0 Å². The van der Waals surface area contributed by atoms with Crippen LogP contribution in [0.5, 0.6) is 0 Å². The van der Waals surface area contributed by atoms with E-state index in [0.717, 1.165) is 30.5 Å². The second-order valence-electron chi connectivity index (χ2n) is 4.93. The van der Waals surface area contributed by atoms with Crippen molar-refractivity contribution in [1.29, 1.82) is 0 Å². The molecule has 20 heavy (non-hydrogen) atoms. The number of sulfonamides is 1. The third kappa shape index (κ3) is 3.33. The summed E-state index contributed by atoms with van der Waals surface area (Å²) in [4.78, 5) is 2.49. The van der Waals surface area contributed by atoms with Gasteiger partial charge in [0.15, 0.2) is 0 Å². The second-order valence-corrected chi connectivity index (χ2v) is 7.75. The van der Waals surface area contributed by atoms with Gasteiger partial charge in [-0.05, 0) is 31.2 Å². The molecule has 0 amide bonds. The smallest absolute Gasteiger partial charge is 0.245 e. The summed E-state index contributed by atoms with van der Waals surface area (Å²) in [5, 5.41) is 0. The first-order chi connectivity index (χ1) is 9.45. The summed E-state index contributed by atoms with van der Waals surface area (Å²) in [6, 6.07) is 4.89. The molecule has 1 aliphatic rings. The summed E-state index contributed by atoms with van der Waals surface area (Å²) in [5.41, 5.74) is 6.13. The second kappa shape index (κ2) is 6.43. The minimum atomic E-state index is -3.49. The number of benzene rings is 1. The van der Waals surface area contributed by atoms with Crippen molar-refractivity contribution in [3.05, 3.63) is 22.7 Å². The van der Waals surface area contributed by atoms with E-state index in [1.54, 1.807) is 18.2 Å². The number of rotatable bonds is 4. The number of nitrogens with two attached hydrogens (primary N) is 1. The van der Waals surface area contributed by atoms with Crippen molar-refractivity contribution in [3.8, 4) is 0 Å². The van der Waals surface area contributed by atoms with Crippen LogP contribution in [0.1, 0.15) is 13.3 Å². The summed E-state index contributed by atoms with van der Waals surface area (Å²) in [6.07, 6.45) is 1.09. The summed E-state index contributed by atoms with van der Waals surface area (Å²) >= 11 is 3.29. The molecule has 0 radical (unpaired) electrons. The molecule has 1 saturated heterocycles. The lowest BCUT2D eigenvalue weighted by molar-refractivity contribution is 0.189. The SMILES string of the molecule is CCCN1CCN(S(=O)(=O)c2ccc(Br)cc2N)CC1. The number of nitrogen functional groups attached to an aromatic ring is 1. The minimum Gasteiger partial charge on any atom is -0.398 e. The van der Waals surface area contributed by atoms with Gasteiger partial charge in [0.1, 0.15) is 4.90 Å². The maximum atomic E-state index is 12.6. The molecular formula is C13H20BrN3O2S. The molecule has 0 aromatic heterocycles. The molecular weight excluding hydrogens is 342 g/mol. The molecule has 1 aromatic carbocycles. The van der Waals surface area contributed by atoms with Gasteiger partial charge in [-0.15, -0.1) is 0 Å². The molecule has 0 spiro atoms. The zero-order valence-electron chi connectivity index (χ0n) is 11.5. The Morgan fingerprint density at radius 3 is 2.45 bits per heavy atom. The fourth-order valence-electron chi connectivity index (χ4n) is 2.40. The van der Waals surface area contributed by atoms with Gasteiger partial charge in [-0.25, -0.2) is 8.42 Å². The summed E-state index contributed by atoms with van der Waals surface area (Å²) in [5.74, 6) is 0. The van der Waals surface area contributed by atoms with Crippen molar-refractivity contribution < 1.29 is 8.42 Å². The molecule has 0 atom stereocenters. The van der Waals surface area contributed by atoms with E-state index < -0.39 is 10.0 Å². The fourth-order valence-corrected chi connectivity index (χ4v) is 4.30. The summed E-state index contributed by atoms with van der Waals surface area (Å²) < 4.78 is 27.5. The van der Waals surface area contributed by atoms with E-state index in [9.17, 15) is 8.42 Å². The molecule has 112 valence electrons. The molecule has 2 rings (SSSR count). The van der Waals surface area contributed by atoms with Gasteiger partial charge in [0.25, 0.3) is 0 Å². The number of nitrogens with zero attached hydrogens (tertiary/aromatic N) is 2. The summed E-state index contributed by atoms with van der Waals surface area (Å²) in [6.45, 7) is 5.77. The van der Waals surface area contributed by atoms with Gasteiger partial charge in [0.2, 0.25) is 10.0 Å². The maximum absolute atomic E-state index is 12.6. The first kappa shape index (κ1) is 15.8. The first-order valence-electron chi connectivity index (χ1n) is 6.72. The number of hydrogen-bond donors (Lipinski definition) is 1. The number of piperazine rings is 1. The lowest BCUT2D eigenvalue weighted by Gasteiger charge is -2.33. The zero-order chi connectivity index (χ0) is 14.8. The normalized spacial score (nSPS) is 18.3. The van der Waals surface area contributed by atoms with Crippen molar-refractivity contribution in [2.75, 3.05) is 38.5 Å². The monoisotopic (exact) mass is 361 g/mol. The molecule has 0 bridgehead atoms. The van der Waals surface area contributed by atoms with Crippen LogP contribution in [0.3, 0.4) is 0 Å². The van der Waals surface area contributed by atoms with Crippen molar-refractivity contribution in [2.24, 2.45) is 0 Å². The van der Waals surface area contributed by atoms with Crippen LogP contribution in [-0.2, 0) is 10.0 Å². The first-order valence-corrected chi connectivity index (χ1v) is 8.96. The Labute approximate surface area is 128 Å². The largest absolute Gasteiger partial charge is 0.398 e. The number of anilines is 1. The predicted molar refractivity (Wildman–Crippen MR) is 84.0 cm³/mol. The molecule has 1 heterocycles. The molecule has 1 fully saturated rings. The Morgan fingerprint density at radius 2 is 1.90 bits per heavy atom. The Bertz CT molecular complexity index is 569. The van der Waals surface area contributed by atoms with Gasteiger partial charge in [-0.3, -0.25) is 0 Å². The van der Waals surface area contributed by atoms with Gasteiger partial charge in [-0.2, -0.15) is 4.31 Å². The van der Waals surface area contributed by atoms with Crippen LogP contribution >= 0.6 is 15.9 Å². The third-order valence-corrected chi connectivity index (χ3v) is 5.93. The van der Waals surface area contributed by atoms with E-state index in [0.29, 0.717) is 13.1 Å². The maximum Gasteiger partial charge on any atom is 0.245 e. The van der Waals surface area contributed by atoms with Crippen LogP contribution in [0.15, 0.2) is 27.6 Å². The Balaban J connectivity index is 2.15. The average molecular weight is 362 g/mol. The van der Waals surface area contributed by atoms with Crippen molar-refractivity contribution >= 4 is 31.6 Å². The van der Waals surface area contributed by atoms with Gasteiger partial charge < -0.3 is 10.6 Å². The minimum absolute atomic E-state index is 0.199. The van der Waals surface area contributed by atoms with E-state index in [-0.39, 0.29) is 10.6 Å². The van der Waals surface area contributed by atoms with Gasteiger partial charge in [0.05, 0.1) is 5.69 Å². The quantitative estimate of drug-likeness (QED) is 0.829. The average Bonchev–Trinajstić information content (AvgIpc) is 2.39. The van der Waals surface area contributed by atoms with Crippen LogP contribution in [-0.4, -0.2) is 50.3 Å². The van der Waals surface area contributed by atoms with E-state index in [1.165, 1.54) is 4.31 Å². The highest BCUT2D eigenvalue weighted by atomic mass is 79.9. The Morgan fingerprint density at radius 1 is 1.25 bits per heavy atom. The molecule has 5 nitrogen and oxygen atoms in total. The molecule has 1 aliphatic heterocycles. The highest BCUT2D eigenvalue weighted by Gasteiger charge is 2.29. The van der Waals surface area contributed by atoms with Gasteiger partial charge >= 0.3 is 0 Å².